The lowest BCUT2D eigenvalue weighted by atomic mass is 10.2. The summed E-state index contributed by atoms with van der Waals surface area (Å²) in [6, 6.07) is 0.333. The fourth-order valence-corrected chi connectivity index (χ4v) is 2.42. The lowest BCUT2D eigenvalue weighted by Gasteiger charge is -2.32. The Hall–Kier alpha value is -0.650. The van der Waals surface area contributed by atoms with E-state index in [-0.39, 0.29) is 24.5 Å². The average Bonchev–Trinajstić information content (AvgIpc) is 2.43. The van der Waals surface area contributed by atoms with Gasteiger partial charge in [-0.1, -0.05) is 0 Å². The molecule has 100 valence electrons. The summed E-state index contributed by atoms with van der Waals surface area (Å²) < 4.78 is 0. The van der Waals surface area contributed by atoms with Gasteiger partial charge in [0.2, 0.25) is 5.91 Å². The minimum absolute atomic E-state index is 0.0521. The summed E-state index contributed by atoms with van der Waals surface area (Å²) in [6.07, 6.45) is -1.45. The fourth-order valence-electron chi connectivity index (χ4n) is 2.42. The Morgan fingerprint density at radius 3 is 1.94 bits per heavy atom. The van der Waals surface area contributed by atoms with Crippen LogP contribution in [0.5, 0.6) is 0 Å². The highest BCUT2D eigenvalue weighted by molar-refractivity contribution is 5.78. The highest BCUT2D eigenvalue weighted by atomic mass is 16.3. The van der Waals surface area contributed by atoms with Crippen LogP contribution in [0.3, 0.4) is 0 Å². The molecule has 17 heavy (non-hydrogen) atoms. The van der Waals surface area contributed by atoms with Crippen molar-refractivity contribution in [3.05, 3.63) is 0 Å². The summed E-state index contributed by atoms with van der Waals surface area (Å²) in [6.45, 7) is 8.98. The van der Waals surface area contributed by atoms with Crippen LogP contribution < -0.4 is 0 Å². The van der Waals surface area contributed by atoms with E-state index in [2.05, 4.69) is 0 Å². The van der Waals surface area contributed by atoms with Gasteiger partial charge in [-0.3, -0.25) is 9.69 Å². The van der Waals surface area contributed by atoms with Gasteiger partial charge in [0.05, 0.1) is 18.8 Å². The summed E-state index contributed by atoms with van der Waals surface area (Å²) in [4.78, 5) is 15.7. The number of hydrogen-bond donors (Lipinski definition) is 2. The van der Waals surface area contributed by atoms with Crippen LogP contribution >= 0.6 is 0 Å². The Balaban J connectivity index is 2.54. The average molecular weight is 244 g/mol. The van der Waals surface area contributed by atoms with Crippen molar-refractivity contribution in [3.63, 3.8) is 0 Å². The fraction of sp³-hybridized carbons (Fsp3) is 0.917. The third-order valence-electron chi connectivity index (χ3n) is 3.09. The molecule has 2 N–H and O–H groups in total. The van der Waals surface area contributed by atoms with Crippen molar-refractivity contribution in [1.29, 1.82) is 0 Å². The second-order valence-corrected chi connectivity index (χ2v) is 5.32. The monoisotopic (exact) mass is 244 g/mol. The van der Waals surface area contributed by atoms with Gasteiger partial charge in [-0.15, -0.1) is 0 Å². The van der Waals surface area contributed by atoms with E-state index in [1.807, 2.05) is 32.6 Å². The van der Waals surface area contributed by atoms with Crippen molar-refractivity contribution >= 4 is 5.91 Å². The topological polar surface area (TPSA) is 64.0 Å². The summed E-state index contributed by atoms with van der Waals surface area (Å²) in [7, 11) is 0. The third-order valence-corrected chi connectivity index (χ3v) is 3.09. The number of β-amino-alcohol motifs (C(OH)–C–C–N with tert-alkyl or cyclic N) is 2. The molecule has 1 saturated heterocycles. The van der Waals surface area contributed by atoms with E-state index in [9.17, 15) is 15.0 Å². The minimum atomic E-state index is -0.727. The van der Waals surface area contributed by atoms with Gasteiger partial charge in [-0.25, -0.2) is 0 Å². The molecule has 1 heterocycles. The zero-order valence-electron chi connectivity index (χ0n) is 11.1. The molecule has 0 saturated carbocycles. The number of aliphatic hydroxyl groups is 2. The Morgan fingerprint density at radius 2 is 1.59 bits per heavy atom. The van der Waals surface area contributed by atoms with Crippen LogP contribution in [0.4, 0.5) is 0 Å². The molecule has 0 aromatic rings. The zero-order valence-corrected chi connectivity index (χ0v) is 11.1. The van der Waals surface area contributed by atoms with Crippen molar-refractivity contribution in [1.82, 2.24) is 9.80 Å². The predicted molar refractivity (Wildman–Crippen MR) is 65.6 cm³/mol. The van der Waals surface area contributed by atoms with Crippen molar-refractivity contribution in [2.75, 3.05) is 19.6 Å². The van der Waals surface area contributed by atoms with Crippen molar-refractivity contribution < 1.29 is 15.0 Å². The summed E-state index contributed by atoms with van der Waals surface area (Å²) >= 11 is 0. The molecule has 5 nitrogen and oxygen atoms in total. The first kappa shape index (κ1) is 14.4. The molecule has 2 atom stereocenters. The van der Waals surface area contributed by atoms with Crippen LogP contribution in [0, 0.1) is 0 Å². The quantitative estimate of drug-likeness (QED) is 0.711. The van der Waals surface area contributed by atoms with Crippen LogP contribution in [-0.4, -0.2) is 69.8 Å². The Labute approximate surface area is 103 Å². The number of amides is 1. The largest absolute Gasteiger partial charge is 0.389 e. The van der Waals surface area contributed by atoms with Crippen LogP contribution in [-0.2, 0) is 4.79 Å². The van der Waals surface area contributed by atoms with E-state index in [4.69, 9.17) is 0 Å². The molecular weight excluding hydrogens is 220 g/mol. The molecule has 1 aliphatic rings. The van der Waals surface area contributed by atoms with E-state index in [0.29, 0.717) is 13.1 Å². The summed E-state index contributed by atoms with van der Waals surface area (Å²) in [5.74, 6) is 0.0521. The van der Waals surface area contributed by atoms with Gasteiger partial charge < -0.3 is 15.1 Å². The van der Waals surface area contributed by atoms with Gasteiger partial charge in [0.25, 0.3) is 0 Å². The van der Waals surface area contributed by atoms with Gasteiger partial charge in [-0.05, 0) is 27.7 Å². The summed E-state index contributed by atoms with van der Waals surface area (Å²) in [5, 5.41) is 18.8. The molecule has 0 aromatic carbocycles. The van der Waals surface area contributed by atoms with Crippen LogP contribution in [0.15, 0.2) is 0 Å². The zero-order chi connectivity index (χ0) is 13.2. The van der Waals surface area contributed by atoms with Crippen molar-refractivity contribution in [3.8, 4) is 0 Å². The molecule has 1 amide bonds. The molecule has 5 heteroatoms. The maximum absolute atomic E-state index is 12.1. The van der Waals surface area contributed by atoms with Crippen molar-refractivity contribution in [2.24, 2.45) is 0 Å². The van der Waals surface area contributed by atoms with Crippen LogP contribution in [0.25, 0.3) is 0 Å². The molecule has 0 aromatic heterocycles. The highest BCUT2D eigenvalue weighted by Gasteiger charge is 2.32. The Kier molecular flexibility index (Phi) is 4.91. The smallest absolute Gasteiger partial charge is 0.237 e. The Bertz CT molecular complexity index is 250. The van der Waals surface area contributed by atoms with Gasteiger partial charge in [0.15, 0.2) is 0 Å². The number of likely N-dealkylation sites (tertiary alicyclic amines) is 1. The normalized spacial score (nSPS) is 25.9. The molecule has 0 aliphatic carbocycles. The summed E-state index contributed by atoms with van der Waals surface area (Å²) in [5.41, 5.74) is 0. The number of aliphatic hydroxyl groups excluding tert-OH is 2. The van der Waals surface area contributed by atoms with Gasteiger partial charge >= 0.3 is 0 Å². The maximum atomic E-state index is 12.1. The molecule has 0 radical (unpaired) electrons. The maximum Gasteiger partial charge on any atom is 0.237 e. The van der Waals surface area contributed by atoms with Crippen LogP contribution in [0.2, 0.25) is 0 Å². The van der Waals surface area contributed by atoms with Crippen LogP contribution in [0.1, 0.15) is 27.7 Å². The minimum Gasteiger partial charge on any atom is -0.389 e. The molecular formula is C12H24N2O3. The molecule has 1 rings (SSSR count). The molecule has 1 fully saturated rings. The molecule has 0 unspecified atom stereocenters. The third kappa shape index (κ3) is 3.66. The molecule has 0 bridgehead atoms. The second kappa shape index (κ2) is 5.80. The highest BCUT2D eigenvalue weighted by Crippen LogP contribution is 2.12. The van der Waals surface area contributed by atoms with E-state index < -0.39 is 12.2 Å². The van der Waals surface area contributed by atoms with E-state index in [0.717, 1.165) is 0 Å². The van der Waals surface area contributed by atoms with Gasteiger partial charge in [0.1, 0.15) is 0 Å². The second-order valence-electron chi connectivity index (χ2n) is 5.32. The first-order valence-electron chi connectivity index (χ1n) is 6.22. The first-order valence-corrected chi connectivity index (χ1v) is 6.22. The lowest BCUT2D eigenvalue weighted by molar-refractivity contribution is -0.135. The van der Waals surface area contributed by atoms with Gasteiger partial charge in [0, 0.05) is 25.2 Å². The van der Waals surface area contributed by atoms with E-state index in [1.165, 1.54) is 0 Å². The van der Waals surface area contributed by atoms with Crippen molar-refractivity contribution in [2.45, 2.75) is 52.0 Å². The molecule has 1 aliphatic heterocycles. The number of carbonyl (C=O) groups excluding carboxylic acids is 1. The first-order chi connectivity index (χ1) is 7.82. The van der Waals surface area contributed by atoms with Gasteiger partial charge in [-0.2, -0.15) is 0 Å². The van der Waals surface area contributed by atoms with E-state index in [1.54, 1.807) is 4.90 Å². The number of hydrogen-bond acceptors (Lipinski definition) is 4. The number of carbonyl (C=O) groups is 1. The number of rotatable bonds is 4. The Morgan fingerprint density at radius 1 is 1.18 bits per heavy atom. The molecule has 0 spiro atoms. The lowest BCUT2D eigenvalue weighted by Crippen LogP contribution is -2.47. The number of nitrogens with zero attached hydrogens (tertiary/aromatic N) is 2. The van der Waals surface area contributed by atoms with E-state index >= 15 is 0 Å². The SMILES string of the molecule is CC(C)N(C(=O)CN1C[C@@H](O)[C@@H](O)C1)C(C)C. The standard InChI is InChI=1S/C12H24N2O3/c1-8(2)14(9(3)4)12(17)7-13-5-10(15)11(16)6-13/h8-11,15-16H,5-7H2,1-4H3/t10-,11+. The predicted octanol–water partition coefficient (Wildman–Crippen LogP) is -0.331.